The van der Waals surface area contributed by atoms with Gasteiger partial charge in [0.1, 0.15) is 0 Å². The Balaban J connectivity index is 1.54. The predicted octanol–water partition coefficient (Wildman–Crippen LogP) is 3.42. The lowest BCUT2D eigenvalue weighted by Crippen LogP contribution is -2.50. The number of nitrogens with zero attached hydrogens (tertiary/aromatic N) is 1. The number of carbonyl (C=O) groups excluding carboxylic acids is 2. The predicted molar refractivity (Wildman–Crippen MR) is 89.2 cm³/mol. The number of likely N-dealkylation sites (tertiary alicyclic amines) is 1. The van der Waals surface area contributed by atoms with E-state index in [2.05, 4.69) is 38.2 Å². The minimum Gasteiger partial charge on any atom is -0.282 e. The molecule has 3 nitrogen and oxygen atoms in total. The second-order valence-corrected chi connectivity index (χ2v) is 7.83. The van der Waals surface area contributed by atoms with Crippen LogP contribution in [0.5, 0.6) is 0 Å². The first kappa shape index (κ1) is 15.2. The number of allylic oxidation sites excluding steroid dienone is 4. The fraction of sp³-hybridized carbons (Fsp3) is 0.700. The smallest absolute Gasteiger partial charge is 0.233 e. The molecule has 5 rings (SSSR count). The molecule has 7 unspecified atom stereocenters. The number of imide groups is 1. The molecule has 2 bridgehead atoms. The van der Waals surface area contributed by atoms with Crippen molar-refractivity contribution in [1.82, 2.24) is 4.90 Å². The third kappa shape index (κ3) is 2.08. The molecule has 3 heteroatoms. The van der Waals surface area contributed by atoms with Crippen LogP contribution in [0.4, 0.5) is 0 Å². The van der Waals surface area contributed by atoms with Crippen molar-refractivity contribution in [2.24, 2.45) is 41.4 Å². The summed E-state index contributed by atoms with van der Waals surface area (Å²) >= 11 is 0. The first-order chi connectivity index (χ1) is 11.2. The van der Waals surface area contributed by atoms with Crippen molar-refractivity contribution in [2.75, 3.05) is 6.54 Å². The Labute approximate surface area is 138 Å². The van der Waals surface area contributed by atoms with Gasteiger partial charge in [0, 0.05) is 6.54 Å². The highest BCUT2D eigenvalue weighted by Crippen LogP contribution is 2.58. The maximum atomic E-state index is 13.0. The zero-order chi connectivity index (χ0) is 16.1. The normalized spacial score (nSPS) is 41.0. The lowest BCUT2D eigenvalue weighted by molar-refractivity contribution is -0.140. The van der Waals surface area contributed by atoms with Crippen LogP contribution in [-0.2, 0) is 9.59 Å². The van der Waals surface area contributed by atoms with Crippen LogP contribution in [0.25, 0.3) is 0 Å². The molecule has 2 amide bonds. The number of unbranched alkanes of at least 4 members (excludes halogenated alkanes) is 1. The highest BCUT2D eigenvalue weighted by Gasteiger charge is 2.62. The van der Waals surface area contributed by atoms with E-state index in [0.717, 1.165) is 12.8 Å². The Bertz CT molecular complexity index is 538. The van der Waals surface area contributed by atoms with Gasteiger partial charge in [-0.1, -0.05) is 57.4 Å². The number of amides is 2. The lowest BCUT2D eigenvalue weighted by atomic mass is 9.50. The van der Waals surface area contributed by atoms with Crippen LogP contribution >= 0.6 is 0 Å². The monoisotopic (exact) mass is 313 g/mol. The van der Waals surface area contributed by atoms with Crippen molar-refractivity contribution in [1.29, 1.82) is 0 Å². The van der Waals surface area contributed by atoms with Crippen LogP contribution in [0.1, 0.15) is 39.5 Å². The molecule has 4 aliphatic carbocycles. The first-order valence-electron chi connectivity index (χ1n) is 9.39. The van der Waals surface area contributed by atoms with Gasteiger partial charge in [-0.15, -0.1) is 0 Å². The number of carbonyl (C=O) groups is 2. The Hall–Kier alpha value is -1.38. The Kier molecular flexibility index (Phi) is 3.70. The molecule has 124 valence electrons. The van der Waals surface area contributed by atoms with E-state index in [1.807, 2.05) is 0 Å². The molecule has 0 aromatic heterocycles. The summed E-state index contributed by atoms with van der Waals surface area (Å²) in [7, 11) is 0. The Morgan fingerprint density at radius 3 is 1.87 bits per heavy atom. The third-order valence-electron chi connectivity index (χ3n) is 6.75. The van der Waals surface area contributed by atoms with Crippen LogP contribution in [0.3, 0.4) is 0 Å². The molecule has 0 spiro atoms. The van der Waals surface area contributed by atoms with Gasteiger partial charge in [0.25, 0.3) is 0 Å². The fourth-order valence-electron chi connectivity index (χ4n) is 5.31. The molecule has 0 aromatic rings. The molecule has 2 fully saturated rings. The molecular weight excluding hydrogens is 286 g/mol. The van der Waals surface area contributed by atoms with Gasteiger partial charge in [0.15, 0.2) is 0 Å². The van der Waals surface area contributed by atoms with Crippen LogP contribution in [-0.4, -0.2) is 23.3 Å². The van der Waals surface area contributed by atoms with Crippen molar-refractivity contribution in [3.63, 3.8) is 0 Å². The zero-order valence-corrected chi connectivity index (χ0v) is 14.2. The molecule has 1 heterocycles. The van der Waals surface area contributed by atoms with Crippen LogP contribution in [0.2, 0.25) is 0 Å². The van der Waals surface area contributed by atoms with Crippen molar-refractivity contribution in [2.45, 2.75) is 39.5 Å². The highest BCUT2D eigenvalue weighted by atomic mass is 16.2. The molecule has 7 atom stereocenters. The van der Waals surface area contributed by atoms with E-state index >= 15 is 0 Å². The number of hydrogen-bond donors (Lipinski definition) is 0. The minimum absolute atomic E-state index is 0.0765. The highest BCUT2D eigenvalue weighted by molar-refractivity contribution is 6.06. The van der Waals surface area contributed by atoms with Crippen LogP contribution < -0.4 is 0 Å². The molecular formula is C20H27NO2. The second kappa shape index (κ2) is 5.61. The van der Waals surface area contributed by atoms with Crippen molar-refractivity contribution < 1.29 is 9.59 Å². The largest absolute Gasteiger partial charge is 0.282 e. The topological polar surface area (TPSA) is 37.4 Å². The van der Waals surface area contributed by atoms with E-state index in [1.165, 1.54) is 12.8 Å². The van der Waals surface area contributed by atoms with Crippen molar-refractivity contribution in [3.8, 4) is 0 Å². The van der Waals surface area contributed by atoms with Crippen molar-refractivity contribution >= 4 is 11.8 Å². The summed E-state index contributed by atoms with van der Waals surface area (Å²) in [5, 5.41) is 0. The molecule has 0 N–H and O–H groups in total. The van der Waals surface area contributed by atoms with E-state index in [4.69, 9.17) is 0 Å². The summed E-state index contributed by atoms with van der Waals surface area (Å²) in [6.07, 6.45) is 13.5. The maximum Gasteiger partial charge on any atom is 0.233 e. The Morgan fingerprint density at radius 1 is 0.913 bits per heavy atom. The van der Waals surface area contributed by atoms with Gasteiger partial charge >= 0.3 is 0 Å². The van der Waals surface area contributed by atoms with Gasteiger partial charge in [0.2, 0.25) is 11.8 Å². The summed E-state index contributed by atoms with van der Waals surface area (Å²) in [6, 6.07) is 0. The van der Waals surface area contributed by atoms with E-state index < -0.39 is 0 Å². The summed E-state index contributed by atoms with van der Waals surface area (Å²) < 4.78 is 0. The number of rotatable bonds is 6. The minimum atomic E-state index is -0.0765. The van der Waals surface area contributed by atoms with Gasteiger partial charge in [-0.05, 0) is 36.0 Å². The summed E-state index contributed by atoms with van der Waals surface area (Å²) in [4.78, 5) is 27.6. The van der Waals surface area contributed by atoms with E-state index in [9.17, 15) is 9.59 Å². The Morgan fingerprint density at radius 2 is 1.43 bits per heavy atom. The van der Waals surface area contributed by atoms with Gasteiger partial charge < -0.3 is 0 Å². The first-order valence-corrected chi connectivity index (χ1v) is 9.39. The quantitative estimate of drug-likeness (QED) is 0.556. The van der Waals surface area contributed by atoms with E-state index in [0.29, 0.717) is 24.3 Å². The standard InChI is InChI=1S/C20H27NO2/c1-3-5-6-12(4-2)11-21-19(22)17-15-9-10-16(18(17)20(21)23)14-8-7-13(14)15/h7-10,12-18H,3-6,11H2,1-2H3. The van der Waals surface area contributed by atoms with Crippen LogP contribution in [0, 0.1) is 41.4 Å². The maximum absolute atomic E-state index is 13.0. The van der Waals surface area contributed by atoms with Crippen LogP contribution in [0.15, 0.2) is 24.3 Å². The molecule has 1 aliphatic heterocycles. The average molecular weight is 313 g/mol. The van der Waals surface area contributed by atoms with E-state index in [1.54, 1.807) is 4.90 Å². The molecule has 0 aromatic carbocycles. The lowest BCUT2D eigenvalue weighted by Gasteiger charge is -2.51. The fourth-order valence-corrected chi connectivity index (χ4v) is 5.31. The van der Waals surface area contributed by atoms with E-state index in [-0.39, 0.29) is 35.5 Å². The third-order valence-corrected chi connectivity index (χ3v) is 6.75. The average Bonchev–Trinajstić information content (AvgIpc) is 2.77. The molecule has 23 heavy (non-hydrogen) atoms. The summed E-state index contributed by atoms with van der Waals surface area (Å²) in [6.45, 7) is 5.01. The molecule has 1 saturated heterocycles. The van der Waals surface area contributed by atoms with Gasteiger partial charge in [0.05, 0.1) is 11.8 Å². The molecule has 5 aliphatic rings. The molecule has 1 saturated carbocycles. The van der Waals surface area contributed by atoms with Gasteiger partial charge in [-0.2, -0.15) is 0 Å². The zero-order valence-electron chi connectivity index (χ0n) is 14.2. The van der Waals surface area contributed by atoms with Gasteiger partial charge in [-0.25, -0.2) is 0 Å². The summed E-state index contributed by atoms with van der Waals surface area (Å²) in [5.74, 6) is 2.08. The SMILES string of the molecule is CCCCC(CC)CN1C(=O)C2C3C=CC(C4C=CC43)C2C1=O. The molecule has 0 radical (unpaired) electrons. The number of hydrogen-bond acceptors (Lipinski definition) is 2. The van der Waals surface area contributed by atoms with Crippen molar-refractivity contribution in [3.05, 3.63) is 24.3 Å². The van der Waals surface area contributed by atoms with Gasteiger partial charge in [-0.3, -0.25) is 14.5 Å². The summed E-state index contributed by atoms with van der Waals surface area (Å²) in [5.41, 5.74) is 0. The second-order valence-electron chi connectivity index (χ2n) is 7.83.